The van der Waals surface area contributed by atoms with Gasteiger partial charge in [0.25, 0.3) is 0 Å². The number of ether oxygens (including phenoxy) is 2. The fourth-order valence-corrected chi connectivity index (χ4v) is 2.68. The summed E-state index contributed by atoms with van der Waals surface area (Å²) in [5.74, 6) is -0.720. The van der Waals surface area contributed by atoms with E-state index in [0.717, 1.165) is 0 Å². The number of carbonyl (C=O) groups excluding carboxylic acids is 1. The van der Waals surface area contributed by atoms with E-state index in [1.807, 2.05) is 0 Å². The second-order valence-corrected chi connectivity index (χ2v) is 5.46. The van der Waals surface area contributed by atoms with Crippen molar-refractivity contribution >= 4 is 16.0 Å². The zero-order valence-electron chi connectivity index (χ0n) is 11.0. The van der Waals surface area contributed by atoms with Gasteiger partial charge in [0.2, 0.25) is 10.0 Å². The third kappa shape index (κ3) is 4.57. The topological polar surface area (TPSA) is 102 Å². The van der Waals surface area contributed by atoms with E-state index in [1.165, 1.54) is 25.3 Å². The molecular formula is C12H17NO6S. The zero-order valence-corrected chi connectivity index (χ0v) is 11.9. The predicted molar refractivity (Wildman–Crippen MR) is 70.9 cm³/mol. The summed E-state index contributed by atoms with van der Waals surface area (Å²) in [6, 6.07) is 5.77. The first-order chi connectivity index (χ1) is 9.53. The third-order valence-corrected chi connectivity index (χ3v) is 3.88. The van der Waals surface area contributed by atoms with Crippen LogP contribution in [0.5, 0.6) is 0 Å². The first kappa shape index (κ1) is 16.6. The van der Waals surface area contributed by atoms with Crippen LogP contribution in [0.3, 0.4) is 0 Å². The molecule has 8 heteroatoms. The van der Waals surface area contributed by atoms with Crippen LogP contribution < -0.4 is 4.72 Å². The highest BCUT2D eigenvalue weighted by Crippen LogP contribution is 2.15. The summed E-state index contributed by atoms with van der Waals surface area (Å²) in [5.41, 5.74) is -0.0289. The van der Waals surface area contributed by atoms with Crippen molar-refractivity contribution in [1.29, 1.82) is 0 Å². The molecule has 0 amide bonds. The maximum atomic E-state index is 12.1. The van der Waals surface area contributed by atoms with Gasteiger partial charge in [-0.15, -0.1) is 0 Å². The minimum atomic E-state index is -3.83. The van der Waals surface area contributed by atoms with E-state index in [1.54, 1.807) is 6.07 Å². The second kappa shape index (κ2) is 7.95. The molecule has 0 saturated carbocycles. The number of aliphatic hydroxyl groups excluding tert-OH is 1. The van der Waals surface area contributed by atoms with E-state index in [-0.39, 0.29) is 36.8 Å². The van der Waals surface area contributed by atoms with E-state index in [4.69, 9.17) is 9.84 Å². The number of esters is 1. The van der Waals surface area contributed by atoms with Gasteiger partial charge in [-0.2, -0.15) is 0 Å². The molecule has 0 aliphatic carbocycles. The molecule has 112 valence electrons. The molecule has 0 fully saturated rings. The SMILES string of the molecule is COC(=O)c1ccccc1S(=O)(=O)NCCOCCO. The molecule has 20 heavy (non-hydrogen) atoms. The Morgan fingerprint density at radius 2 is 2.00 bits per heavy atom. The summed E-state index contributed by atoms with van der Waals surface area (Å²) in [6.07, 6.45) is 0. The number of hydrogen-bond donors (Lipinski definition) is 2. The minimum absolute atomic E-state index is 0.0289. The number of sulfonamides is 1. The maximum Gasteiger partial charge on any atom is 0.339 e. The molecule has 0 saturated heterocycles. The van der Waals surface area contributed by atoms with Gasteiger partial charge in [-0.05, 0) is 12.1 Å². The predicted octanol–water partition coefficient (Wildman–Crippen LogP) is -0.240. The lowest BCUT2D eigenvalue weighted by atomic mass is 10.2. The van der Waals surface area contributed by atoms with E-state index >= 15 is 0 Å². The van der Waals surface area contributed by atoms with Crippen molar-refractivity contribution in [2.45, 2.75) is 4.90 Å². The number of rotatable bonds is 8. The first-order valence-corrected chi connectivity index (χ1v) is 7.37. The molecule has 0 aliphatic rings. The van der Waals surface area contributed by atoms with Gasteiger partial charge in [0.15, 0.2) is 0 Å². The number of hydrogen-bond acceptors (Lipinski definition) is 6. The van der Waals surface area contributed by atoms with E-state index < -0.39 is 16.0 Å². The number of nitrogens with one attached hydrogen (secondary N) is 1. The quantitative estimate of drug-likeness (QED) is 0.508. The highest BCUT2D eigenvalue weighted by atomic mass is 32.2. The van der Waals surface area contributed by atoms with Gasteiger partial charge in [-0.1, -0.05) is 12.1 Å². The molecule has 0 aromatic heterocycles. The van der Waals surface area contributed by atoms with Crippen LogP contribution >= 0.6 is 0 Å². The van der Waals surface area contributed by atoms with Gasteiger partial charge in [0.05, 0.1) is 37.4 Å². The third-order valence-electron chi connectivity index (χ3n) is 2.36. The van der Waals surface area contributed by atoms with Crippen LogP contribution in [0.15, 0.2) is 29.2 Å². The van der Waals surface area contributed by atoms with E-state index in [0.29, 0.717) is 0 Å². The maximum absolute atomic E-state index is 12.1. The molecule has 0 aliphatic heterocycles. The van der Waals surface area contributed by atoms with Gasteiger partial charge < -0.3 is 14.6 Å². The second-order valence-electron chi connectivity index (χ2n) is 3.72. The number of carbonyl (C=O) groups is 1. The summed E-state index contributed by atoms with van der Waals surface area (Å²) in [6.45, 7) is 0.177. The molecule has 0 radical (unpaired) electrons. The van der Waals surface area contributed by atoms with Crippen LogP contribution in [0, 0.1) is 0 Å². The van der Waals surface area contributed by atoms with Crippen molar-refractivity contribution in [2.24, 2.45) is 0 Å². The summed E-state index contributed by atoms with van der Waals surface area (Å²) >= 11 is 0. The number of methoxy groups -OCH3 is 1. The average Bonchev–Trinajstić information content (AvgIpc) is 2.46. The molecule has 0 heterocycles. The largest absolute Gasteiger partial charge is 0.465 e. The molecular weight excluding hydrogens is 286 g/mol. The Morgan fingerprint density at radius 3 is 2.65 bits per heavy atom. The van der Waals surface area contributed by atoms with Gasteiger partial charge in [0.1, 0.15) is 0 Å². The lowest BCUT2D eigenvalue weighted by Gasteiger charge is -2.10. The normalized spacial score (nSPS) is 11.3. The molecule has 0 bridgehead atoms. The van der Waals surface area contributed by atoms with Crippen molar-refractivity contribution in [3.05, 3.63) is 29.8 Å². The van der Waals surface area contributed by atoms with Crippen LogP contribution in [0.25, 0.3) is 0 Å². The summed E-state index contributed by atoms with van der Waals surface area (Å²) < 4.78 is 36.0. The molecule has 0 spiro atoms. The van der Waals surface area contributed by atoms with Crippen LogP contribution in [0.4, 0.5) is 0 Å². The Kier molecular flexibility index (Phi) is 6.59. The lowest BCUT2D eigenvalue weighted by molar-refractivity contribution is 0.0596. The lowest BCUT2D eigenvalue weighted by Crippen LogP contribution is -2.29. The molecule has 0 unspecified atom stereocenters. The Bertz CT molecular complexity index is 543. The van der Waals surface area contributed by atoms with E-state index in [2.05, 4.69) is 9.46 Å². The highest BCUT2D eigenvalue weighted by molar-refractivity contribution is 7.89. The average molecular weight is 303 g/mol. The van der Waals surface area contributed by atoms with Crippen LogP contribution in [-0.2, 0) is 19.5 Å². The van der Waals surface area contributed by atoms with Crippen LogP contribution in [0.2, 0.25) is 0 Å². The van der Waals surface area contributed by atoms with Crippen molar-refractivity contribution in [3.8, 4) is 0 Å². The van der Waals surface area contributed by atoms with Crippen LogP contribution in [0.1, 0.15) is 10.4 Å². The van der Waals surface area contributed by atoms with Crippen molar-refractivity contribution in [3.63, 3.8) is 0 Å². The molecule has 2 N–H and O–H groups in total. The van der Waals surface area contributed by atoms with Crippen molar-refractivity contribution in [2.75, 3.05) is 33.5 Å². The molecule has 7 nitrogen and oxygen atoms in total. The minimum Gasteiger partial charge on any atom is -0.465 e. The molecule has 1 aromatic rings. The van der Waals surface area contributed by atoms with Crippen molar-refractivity contribution in [1.82, 2.24) is 4.72 Å². The standard InChI is InChI=1S/C12H17NO6S/c1-18-12(15)10-4-2-3-5-11(10)20(16,17)13-6-8-19-9-7-14/h2-5,13-14H,6-9H2,1H3. The van der Waals surface area contributed by atoms with E-state index in [9.17, 15) is 13.2 Å². The Labute approximate surface area is 117 Å². The molecule has 0 atom stereocenters. The number of aliphatic hydroxyl groups is 1. The Morgan fingerprint density at radius 1 is 1.30 bits per heavy atom. The monoisotopic (exact) mass is 303 g/mol. The number of benzene rings is 1. The van der Waals surface area contributed by atoms with Gasteiger partial charge in [-0.25, -0.2) is 17.9 Å². The van der Waals surface area contributed by atoms with Crippen LogP contribution in [-0.4, -0.2) is 53.0 Å². The first-order valence-electron chi connectivity index (χ1n) is 5.88. The Hall–Kier alpha value is -1.48. The fraction of sp³-hybridized carbons (Fsp3) is 0.417. The molecule has 1 rings (SSSR count). The smallest absolute Gasteiger partial charge is 0.339 e. The van der Waals surface area contributed by atoms with Gasteiger partial charge in [-0.3, -0.25) is 0 Å². The molecule has 1 aromatic carbocycles. The highest BCUT2D eigenvalue weighted by Gasteiger charge is 2.21. The van der Waals surface area contributed by atoms with Gasteiger partial charge in [0, 0.05) is 6.54 Å². The summed E-state index contributed by atoms with van der Waals surface area (Å²) in [7, 11) is -2.64. The van der Waals surface area contributed by atoms with Gasteiger partial charge >= 0.3 is 5.97 Å². The zero-order chi connectivity index (χ0) is 15.0. The van der Waals surface area contributed by atoms with Crippen molar-refractivity contribution < 1.29 is 27.8 Å². The summed E-state index contributed by atoms with van der Waals surface area (Å²) in [4.78, 5) is 11.4. The summed E-state index contributed by atoms with van der Waals surface area (Å²) in [5, 5.41) is 8.51. The Balaban J connectivity index is 2.80. The fourth-order valence-electron chi connectivity index (χ4n) is 1.47.